The van der Waals surface area contributed by atoms with E-state index >= 15 is 0 Å². The Labute approximate surface area is 194 Å². The third kappa shape index (κ3) is 5.32. The maximum Gasteiger partial charge on any atom is 0.387 e. The smallest absolute Gasteiger partial charge is 0.387 e. The van der Waals surface area contributed by atoms with Crippen LogP contribution < -0.4 is 4.74 Å². The molecule has 3 heterocycles. The minimum atomic E-state index is -3.02. The summed E-state index contributed by atoms with van der Waals surface area (Å²) in [5, 5.41) is 1.92. The van der Waals surface area contributed by atoms with E-state index in [4.69, 9.17) is 0 Å². The normalized spacial score (nSPS) is 18.6. The minimum Gasteiger partial charge on any atom is -0.434 e. The quantitative estimate of drug-likeness (QED) is 0.642. The van der Waals surface area contributed by atoms with Gasteiger partial charge in [0.2, 0.25) is 11.8 Å². The van der Waals surface area contributed by atoms with Crippen molar-refractivity contribution in [1.29, 1.82) is 0 Å². The van der Waals surface area contributed by atoms with Crippen molar-refractivity contribution in [3.05, 3.63) is 52.2 Å². The Morgan fingerprint density at radius 3 is 2.42 bits per heavy atom. The summed E-state index contributed by atoms with van der Waals surface area (Å²) in [6.45, 7) is -1.24. The molecule has 0 bridgehead atoms. The summed E-state index contributed by atoms with van der Waals surface area (Å²) in [5.41, 5.74) is 0.0683. The summed E-state index contributed by atoms with van der Waals surface area (Å²) in [5.74, 6) is -0.716. The van der Waals surface area contributed by atoms with Gasteiger partial charge in [0.05, 0.1) is 12.0 Å². The monoisotopic (exact) mass is 477 g/mol. The maximum absolute atomic E-state index is 13.2. The molecular formula is C23H25F2N3O4S. The summed E-state index contributed by atoms with van der Waals surface area (Å²) in [7, 11) is 0. The number of hydrogen-bond donors (Lipinski definition) is 0. The molecule has 1 aromatic heterocycles. The van der Waals surface area contributed by atoms with Crippen LogP contribution in [-0.4, -0.2) is 77.8 Å². The second-order valence-corrected chi connectivity index (χ2v) is 9.03. The first kappa shape index (κ1) is 23.2. The van der Waals surface area contributed by atoms with Gasteiger partial charge >= 0.3 is 6.61 Å². The van der Waals surface area contributed by atoms with Crippen molar-refractivity contribution in [2.45, 2.75) is 31.9 Å². The molecule has 0 radical (unpaired) electrons. The van der Waals surface area contributed by atoms with E-state index in [2.05, 4.69) is 4.74 Å². The van der Waals surface area contributed by atoms with Crippen LogP contribution in [-0.2, 0) is 16.0 Å². The molecule has 0 spiro atoms. The molecule has 2 aromatic rings. The first-order chi connectivity index (χ1) is 15.9. The van der Waals surface area contributed by atoms with Gasteiger partial charge < -0.3 is 19.4 Å². The third-order valence-corrected chi connectivity index (χ3v) is 6.85. The summed E-state index contributed by atoms with van der Waals surface area (Å²) >= 11 is 1.52. The second-order valence-electron chi connectivity index (χ2n) is 7.99. The number of para-hydroxylation sites is 1. The SMILES string of the molecule is O=C(c1ccccc1OC(F)F)N1CCN(C(=O)C2CCCN2C(=O)Cc2cccs2)CC1. The molecule has 33 heavy (non-hydrogen) atoms. The molecule has 1 aromatic carbocycles. The zero-order valence-electron chi connectivity index (χ0n) is 18.0. The summed E-state index contributed by atoms with van der Waals surface area (Å²) in [4.78, 5) is 44.7. The van der Waals surface area contributed by atoms with Crippen molar-refractivity contribution in [3.63, 3.8) is 0 Å². The molecule has 1 atom stereocenters. The number of likely N-dealkylation sites (tertiary alicyclic amines) is 1. The molecule has 2 aliphatic rings. The molecule has 3 amide bonds. The Bertz CT molecular complexity index is 993. The lowest BCUT2D eigenvalue weighted by Crippen LogP contribution is -2.55. The van der Waals surface area contributed by atoms with E-state index in [1.807, 2.05) is 17.5 Å². The molecule has 0 saturated carbocycles. The number of halogens is 2. The molecule has 0 aliphatic carbocycles. The predicted octanol–water partition coefficient (Wildman–Crippen LogP) is 2.87. The van der Waals surface area contributed by atoms with Crippen LogP contribution in [0, 0.1) is 0 Å². The fourth-order valence-electron chi connectivity index (χ4n) is 4.34. The maximum atomic E-state index is 13.2. The molecule has 7 nitrogen and oxygen atoms in total. The van der Waals surface area contributed by atoms with Gasteiger partial charge in [0.1, 0.15) is 11.8 Å². The molecule has 0 N–H and O–H groups in total. The van der Waals surface area contributed by atoms with Crippen LogP contribution >= 0.6 is 11.3 Å². The fraction of sp³-hybridized carbons (Fsp3) is 0.435. The largest absolute Gasteiger partial charge is 0.434 e. The highest BCUT2D eigenvalue weighted by Gasteiger charge is 2.38. The van der Waals surface area contributed by atoms with Gasteiger partial charge in [0.25, 0.3) is 5.91 Å². The van der Waals surface area contributed by atoms with E-state index in [9.17, 15) is 23.2 Å². The number of piperazine rings is 1. The van der Waals surface area contributed by atoms with E-state index in [1.54, 1.807) is 15.9 Å². The first-order valence-corrected chi connectivity index (χ1v) is 11.8. The van der Waals surface area contributed by atoms with E-state index in [-0.39, 0.29) is 36.2 Å². The fourth-order valence-corrected chi connectivity index (χ4v) is 5.03. The van der Waals surface area contributed by atoms with Crippen molar-refractivity contribution in [2.75, 3.05) is 32.7 Å². The Morgan fingerprint density at radius 2 is 1.73 bits per heavy atom. The van der Waals surface area contributed by atoms with Gasteiger partial charge in [-0.15, -0.1) is 11.3 Å². The van der Waals surface area contributed by atoms with Crippen molar-refractivity contribution < 1.29 is 27.9 Å². The second kappa shape index (κ2) is 10.3. The highest BCUT2D eigenvalue weighted by atomic mass is 32.1. The van der Waals surface area contributed by atoms with Gasteiger partial charge in [-0.2, -0.15) is 8.78 Å². The zero-order valence-corrected chi connectivity index (χ0v) is 18.8. The van der Waals surface area contributed by atoms with E-state index in [0.717, 1.165) is 11.3 Å². The average Bonchev–Trinajstić information content (AvgIpc) is 3.50. The van der Waals surface area contributed by atoms with Crippen LogP contribution in [0.2, 0.25) is 0 Å². The summed E-state index contributed by atoms with van der Waals surface area (Å²) < 4.78 is 29.8. The van der Waals surface area contributed by atoms with Gasteiger partial charge in [-0.05, 0) is 36.4 Å². The number of rotatable bonds is 6. The molecule has 2 saturated heterocycles. The lowest BCUT2D eigenvalue weighted by Gasteiger charge is -2.37. The number of thiophene rings is 1. The van der Waals surface area contributed by atoms with Crippen LogP contribution in [0.25, 0.3) is 0 Å². The summed E-state index contributed by atoms with van der Waals surface area (Å²) in [6, 6.07) is 9.24. The van der Waals surface area contributed by atoms with Gasteiger partial charge in [-0.1, -0.05) is 18.2 Å². The lowest BCUT2D eigenvalue weighted by atomic mass is 10.1. The molecule has 2 aliphatic heterocycles. The number of amides is 3. The third-order valence-electron chi connectivity index (χ3n) is 5.98. The van der Waals surface area contributed by atoms with E-state index in [1.165, 1.54) is 34.4 Å². The molecule has 2 fully saturated rings. The van der Waals surface area contributed by atoms with Crippen LogP contribution in [0.15, 0.2) is 41.8 Å². The number of nitrogens with zero attached hydrogens (tertiary/aromatic N) is 3. The number of carbonyl (C=O) groups excluding carboxylic acids is 3. The Morgan fingerprint density at radius 1 is 1.00 bits per heavy atom. The Balaban J connectivity index is 1.35. The number of carbonyl (C=O) groups is 3. The van der Waals surface area contributed by atoms with Crippen LogP contribution in [0.4, 0.5) is 8.78 Å². The van der Waals surface area contributed by atoms with Crippen molar-refractivity contribution in [3.8, 4) is 5.75 Å². The van der Waals surface area contributed by atoms with Crippen LogP contribution in [0.3, 0.4) is 0 Å². The lowest BCUT2D eigenvalue weighted by molar-refractivity contribution is -0.144. The number of benzene rings is 1. The topological polar surface area (TPSA) is 70.2 Å². The van der Waals surface area contributed by atoms with Crippen LogP contribution in [0.5, 0.6) is 5.75 Å². The average molecular weight is 478 g/mol. The van der Waals surface area contributed by atoms with Crippen LogP contribution in [0.1, 0.15) is 28.1 Å². The molecule has 10 heteroatoms. The predicted molar refractivity (Wildman–Crippen MR) is 118 cm³/mol. The van der Waals surface area contributed by atoms with Crippen molar-refractivity contribution >= 4 is 29.1 Å². The molecule has 4 rings (SSSR count). The molecular weight excluding hydrogens is 452 g/mol. The number of alkyl halides is 2. The van der Waals surface area contributed by atoms with E-state index < -0.39 is 18.6 Å². The van der Waals surface area contributed by atoms with Crippen molar-refractivity contribution in [2.24, 2.45) is 0 Å². The Hall–Kier alpha value is -3.01. The zero-order chi connectivity index (χ0) is 23.4. The van der Waals surface area contributed by atoms with E-state index in [0.29, 0.717) is 32.5 Å². The van der Waals surface area contributed by atoms with Gasteiger partial charge in [0.15, 0.2) is 0 Å². The number of hydrogen-bond acceptors (Lipinski definition) is 5. The first-order valence-electron chi connectivity index (χ1n) is 10.9. The summed E-state index contributed by atoms with van der Waals surface area (Å²) in [6.07, 6.45) is 1.71. The highest BCUT2D eigenvalue weighted by molar-refractivity contribution is 7.10. The van der Waals surface area contributed by atoms with Crippen molar-refractivity contribution in [1.82, 2.24) is 14.7 Å². The number of ether oxygens (including phenoxy) is 1. The standard InChI is InChI=1S/C23H25F2N3O4S/c24-23(25)32-19-8-2-1-6-17(19)21(30)26-10-12-27(13-11-26)22(31)18-7-3-9-28(18)20(29)15-16-5-4-14-33-16/h1-2,4-6,8,14,18,23H,3,7,9-13,15H2. The minimum absolute atomic E-state index is 0.0437. The Kier molecular flexibility index (Phi) is 7.22. The molecule has 176 valence electrons. The highest BCUT2D eigenvalue weighted by Crippen LogP contribution is 2.25. The van der Waals surface area contributed by atoms with Gasteiger partial charge in [0, 0.05) is 37.6 Å². The van der Waals surface area contributed by atoms with Gasteiger partial charge in [-0.3, -0.25) is 14.4 Å². The molecule has 1 unspecified atom stereocenters. The van der Waals surface area contributed by atoms with Gasteiger partial charge in [-0.25, -0.2) is 0 Å².